The van der Waals surface area contributed by atoms with Crippen molar-refractivity contribution in [3.63, 3.8) is 0 Å². The van der Waals surface area contributed by atoms with E-state index in [-0.39, 0.29) is 37.9 Å². The molecule has 0 radical (unpaired) electrons. The summed E-state index contributed by atoms with van der Waals surface area (Å²) in [4.78, 5) is 35.1. The van der Waals surface area contributed by atoms with Gasteiger partial charge in [-0.25, -0.2) is 4.57 Å². The molecule has 0 spiro atoms. The van der Waals surface area contributed by atoms with Gasteiger partial charge in [-0.05, 0) is 26.8 Å². The van der Waals surface area contributed by atoms with Gasteiger partial charge in [-0.3, -0.25) is 32.9 Å². The number of nitrogens with zero attached hydrogens (tertiary/aromatic N) is 1. The van der Waals surface area contributed by atoms with Gasteiger partial charge < -0.3 is 9.47 Å². The normalized spacial score (nSPS) is 37.1. The Morgan fingerprint density at radius 2 is 2.17 bits per heavy atom. The Kier molecular flexibility index (Phi) is 6.53. The maximum atomic E-state index is 12.8. The number of fused-ring (bicyclic) bond motifs is 1. The second-order valence-corrected chi connectivity index (χ2v) is 9.76. The Morgan fingerprint density at radius 3 is 2.83 bits per heavy atom. The smallest absolute Gasteiger partial charge is 0.463 e. The van der Waals surface area contributed by atoms with Crippen LogP contribution in [-0.2, 0) is 42.0 Å². The molecule has 1 amide bonds. The maximum absolute atomic E-state index is 12.8. The molecule has 0 aromatic rings. The molecule has 0 aromatic carbocycles. The summed E-state index contributed by atoms with van der Waals surface area (Å²) >= 11 is 6.64. The van der Waals surface area contributed by atoms with Crippen LogP contribution < -0.4 is 0 Å². The molecule has 0 N–H and O–H groups in total. The molecule has 3 rings (SSSR count). The summed E-state index contributed by atoms with van der Waals surface area (Å²) in [5.74, 6) is -1.28. The summed E-state index contributed by atoms with van der Waals surface area (Å²) in [7, 11) is -3.99. The minimum Gasteiger partial charge on any atom is -0.463 e. The second kappa shape index (κ2) is 8.45. The number of esters is 1. The van der Waals surface area contributed by atoms with Crippen LogP contribution >= 0.6 is 19.4 Å². The number of halogens is 1. The third-order valence-electron chi connectivity index (χ3n) is 4.53. The van der Waals surface area contributed by atoms with Crippen molar-refractivity contribution in [1.29, 1.82) is 0 Å². The van der Waals surface area contributed by atoms with Gasteiger partial charge in [0.25, 0.3) is 0 Å². The highest BCUT2D eigenvalue weighted by Gasteiger charge is 2.61. The lowest BCUT2D eigenvalue weighted by Gasteiger charge is -2.36. The van der Waals surface area contributed by atoms with E-state index in [1.165, 1.54) is 17.2 Å². The molecule has 0 unspecified atom stereocenters. The number of hydrogen-bond acceptors (Lipinski definition) is 9. The van der Waals surface area contributed by atoms with Gasteiger partial charge in [0.2, 0.25) is 5.91 Å². The zero-order chi connectivity index (χ0) is 21.4. The summed E-state index contributed by atoms with van der Waals surface area (Å²) < 4.78 is 39.5. The minimum absolute atomic E-state index is 0.124. The van der Waals surface area contributed by atoms with Crippen molar-refractivity contribution >= 4 is 37.1 Å². The topological polar surface area (TPSA) is 118 Å². The fourth-order valence-electron chi connectivity index (χ4n) is 3.23. The maximum Gasteiger partial charge on any atom is 0.475 e. The highest BCUT2D eigenvalue weighted by Crippen LogP contribution is 2.58. The average Bonchev–Trinajstić information content (AvgIpc) is 2.85. The molecule has 0 aliphatic carbocycles. The lowest BCUT2D eigenvalue weighted by Crippen LogP contribution is -2.51. The number of hydrogen-bond donors (Lipinski definition) is 0. The van der Waals surface area contributed by atoms with Gasteiger partial charge in [0.15, 0.2) is 12.0 Å². The van der Waals surface area contributed by atoms with Crippen LogP contribution in [0.3, 0.4) is 0 Å². The molecule has 3 aliphatic heterocycles. The SMILES string of the molecule is CC(C)OC(=O)CCO[P@]1(=O)OC[C@H]2O[C@@H](N3C=CC(=O)CC3=O)[C@](C)(Cl)[C@@H]2O1. The van der Waals surface area contributed by atoms with E-state index in [9.17, 15) is 18.9 Å². The summed E-state index contributed by atoms with van der Waals surface area (Å²) in [6.07, 6.45) is -0.658. The van der Waals surface area contributed by atoms with E-state index in [1.54, 1.807) is 20.8 Å². The van der Waals surface area contributed by atoms with Crippen LogP contribution in [0.15, 0.2) is 12.3 Å². The molecule has 2 saturated heterocycles. The molecule has 0 aromatic heterocycles. The number of ether oxygens (including phenoxy) is 2. The van der Waals surface area contributed by atoms with Crippen LogP contribution in [0.1, 0.15) is 33.6 Å². The van der Waals surface area contributed by atoms with E-state index < -0.39 is 43.0 Å². The van der Waals surface area contributed by atoms with Gasteiger partial charge in [-0.2, -0.15) is 0 Å². The highest BCUT2D eigenvalue weighted by molar-refractivity contribution is 7.48. The van der Waals surface area contributed by atoms with Gasteiger partial charge in [-0.15, -0.1) is 11.6 Å². The Bertz CT molecular complexity index is 768. The number of rotatable bonds is 6. The molecule has 5 atom stereocenters. The van der Waals surface area contributed by atoms with Crippen molar-refractivity contribution in [2.24, 2.45) is 0 Å². The van der Waals surface area contributed by atoms with Crippen molar-refractivity contribution in [3.05, 3.63) is 12.3 Å². The summed E-state index contributed by atoms with van der Waals surface area (Å²) in [6.45, 7) is 4.65. The number of phosphoric acid groups is 1. The largest absolute Gasteiger partial charge is 0.475 e. The van der Waals surface area contributed by atoms with Gasteiger partial charge in [0.1, 0.15) is 17.1 Å². The highest BCUT2D eigenvalue weighted by atomic mass is 35.5. The molecule has 0 bridgehead atoms. The first kappa shape index (κ1) is 22.4. The monoisotopic (exact) mass is 451 g/mol. The molecule has 162 valence electrons. The van der Waals surface area contributed by atoms with Crippen LogP contribution in [0.4, 0.5) is 0 Å². The number of allylic oxidation sites excluding steroid dienone is 1. The Hall–Kier alpha value is -1.29. The number of alkyl halides is 1. The molecule has 3 heterocycles. The van der Waals surface area contributed by atoms with Crippen molar-refractivity contribution in [2.45, 2.75) is 63.0 Å². The van der Waals surface area contributed by atoms with Crippen LogP contribution in [-0.4, -0.2) is 65.2 Å². The van der Waals surface area contributed by atoms with E-state index in [1.807, 2.05) is 0 Å². The van der Waals surface area contributed by atoms with Gasteiger partial charge in [0.05, 0.1) is 32.2 Å². The number of carbonyl (C=O) groups excluding carboxylic acids is 3. The zero-order valence-corrected chi connectivity index (χ0v) is 17.9. The van der Waals surface area contributed by atoms with Crippen molar-refractivity contribution in [2.75, 3.05) is 13.2 Å². The minimum atomic E-state index is -3.99. The predicted octanol–water partition coefficient (Wildman–Crippen LogP) is 1.91. The lowest BCUT2D eigenvalue weighted by atomic mass is 9.99. The van der Waals surface area contributed by atoms with Crippen molar-refractivity contribution in [1.82, 2.24) is 4.90 Å². The molecule has 0 saturated carbocycles. The van der Waals surface area contributed by atoms with E-state index in [4.69, 9.17) is 34.6 Å². The molecule has 29 heavy (non-hydrogen) atoms. The van der Waals surface area contributed by atoms with Crippen LogP contribution in [0, 0.1) is 0 Å². The van der Waals surface area contributed by atoms with E-state index in [0.717, 1.165) is 0 Å². The lowest BCUT2D eigenvalue weighted by molar-refractivity contribution is -0.149. The number of ketones is 1. The van der Waals surface area contributed by atoms with Crippen LogP contribution in [0.5, 0.6) is 0 Å². The first-order valence-corrected chi connectivity index (χ1v) is 11.0. The van der Waals surface area contributed by atoms with E-state index in [0.29, 0.717) is 0 Å². The molecule has 10 nitrogen and oxygen atoms in total. The predicted molar refractivity (Wildman–Crippen MR) is 98.8 cm³/mol. The Morgan fingerprint density at radius 1 is 1.45 bits per heavy atom. The van der Waals surface area contributed by atoms with E-state index in [2.05, 4.69) is 0 Å². The van der Waals surface area contributed by atoms with Crippen LogP contribution in [0.25, 0.3) is 0 Å². The fraction of sp³-hybridized carbons (Fsp3) is 0.706. The van der Waals surface area contributed by atoms with Gasteiger partial charge >= 0.3 is 13.8 Å². The number of carbonyl (C=O) groups is 3. The molecule has 3 aliphatic rings. The molecular weight excluding hydrogens is 429 g/mol. The third kappa shape index (κ3) is 4.90. The standard InChI is InChI=1S/C17H23ClNO9P/c1-10(2)26-14(22)5-7-24-29(23)25-9-12-15(28-29)17(3,18)16(27-12)19-6-4-11(20)8-13(19)21/h4,6,10,12,15-16H,5,7-9H2,1-3H3/t12-,15-,16-,17-,29-/m1/s1. The molecule has 12 heteroatoms. The van der Waals surface area contributed by atoms with Gasteiger partial charge in [0, 0.05) is 6.20 Å². The molecular formula is C17H23ClNO9P. The average molecular weight is 452 g/mol. The first-order chi connectivity index (χ1) is 13.5. The molecule has 2 fully saturated rings. The summed E-state index contributed by atoms with van der Waals surface area (Å²) in [5, 5.41) is 0. The first-order valence-electron chi connectivity index (χ1n) is 9.15. The van der Waals surface area contributed by atoms with Crippen LogP contribution in [0.2, 0.25) is 0 Å². The summed E-state index contributed by atoms with van der Waals surface area (Å²) in [5.41, 5.74) is 0. The van der Waals surface area contributed by atoms with Crippen molar-refractivity contribution in [3.8, 4) is 0 Å². The quantitative estimate of drug-likeness (QED) is 0.258. The number of phosphoric ester groups is 1. The Balaban J connectivity index is 1.64. The Labute approximate surface area is 173 Å². The van der Waals surface area contributed by atoms with Crippen molar-refractivity contribution < 1.29 is 42.0 Å². The third-order valence-corrected chi connectivity index (χ3v) is 6.38. The number of amides is 1. The van der Waals surface area contributed by atoms with E-state index >= 15 is 0 Å². The fourth-order valence-corrected chi connectivity index (χ4v) is 5.11. The second-order valence-electron chi connectivity index (χ2n) is 7.33. The zero-order valence-electron chi connectivity index (χ0n) is 16.2. The van der Waals surface area contributed by atoms with Gasteiger partial charge in [-0.1, -0.05) is 0 Å². The summed E-state index contributed by atoms with van der Waals surface area (Å²) in [6, 6.07) is 0.